The van der Waals surface area contributed by atoms with Gasteiger partial charge in [0.2, 0.25) is 0 Å². The summed E-state index contributed by atoms with van der Waals surface area (Å²) in [5, 5.41) is 4.01. The molecule has 0 aromatic carbocycles. The first kappa shape index (κ1) is 12.5. The van der Waals surface area contributed by atoms with E-state index >= 15 is 0 Å². The number of aryl methyl sites for hydroxylation is 1. The second-order valence-electron chi connectivity index (χ2n) is 4.60. The number of carbonyl (C=O) groups excluding carboxylic acids is 1. The van der Waals surface area contributed by atoms with Crippen molar-refractivity contribution in [2.24, 2.45) is 5.92 Å². The van der Waals surface area contributed by atoms with E-state index in [-0.39, 0.29) is 5.91 Å². The van der Waals surface area contributed by atoms with E-state index in [1.807, 2.05) is 11.8 Å². The molecule has 1 amide bonds. The zero-order valence-corrected chi connectivity index (χ0v) is 11.3. The smallest absolute Gasteiger partial charge is 0.267 e. The minimum absolute atomic E-state index is 0.130. The highest BCUT2D eigenvalue weighted by Gasteiger charge is 2.28. The number of hydrogen-bond acceptors (Lipinski definition) is 4. The first-order chi connectivity index (χ1) is 8.26. The molecular formula is C12H19N3OS. The molecule has 0 aliphatic heterocycles. The molecule has 94 valence electrons. The Kier molecular flexibility index (Phi) is 4.10. The summed E-state index contributed by atoms with van der Waals surface area (Å²) >= 11 is 1.23. The van der Waals surface area contributed by atoms with Gasteiger partial charge in [0.15, 0.2) is 0 Å². The number of aromatic nitrogens is 2. The molecule has 2 rings (SSSR count). The maximum absolute atomic E-state index is 12.4. The SMILES string of the molecule is CCCN(CC1CC1)C(=O)c1snnc1CC. The monoisotopic (exact) mass is 253 g/mol. The van der Waals surface area contributed by atoms with Crippen LogP contribution in [0.15, 0.2) is 0 Å². The van der Waals surface area contributed by atoms with Crippen LogP contribution in [0.4, 0.5) is 0 Å². The largest absolute Gasteiger partial charge is 0.338 e. The van der Waals surface area contributed by atoms with Crippen molar-refractivity contribution in [3.05, 3.63) is 10.6 Å². The van der Waals surface area contributed by atoms with E-state index in [2.05, 4.69) is 16.5 Å². The van der Waals surface area contributed by atoms with Gasteiger partial charge < -0.3 is 4.90 Å². The summed E-state index contributed by atoms with van der Waals surface area (Å²) in [6.45, 7) is 5.88. The number of nitrogens with zero attached hydrogens (tertiary/aromatic N) is 3. The first-order valence-corrected chi connectivity index (χ1v) is 7.14. The van der Waals surface area contributed by atoms with Crippen molar-refractivity contribution >= 4 is 17.4 Å². The Morgan fingerprint density at radius 1 is 1.47 bits per heavy atom. The van der Waals surface area contributed by atoms with Gasteiger partial charge >= 0.3 is 0 Å². The van der Waals surface area contributed by atoms with Gasteiger partial charge in [0, 0.05) is 13.1 Å². The number of carbonyl (C=O) groups is 1. The molecule has 0 radical (unpaired) electrons. The summed E-state index contributed by atoms with van der Waals surface area (Å²) in [4.78, 5) is 15.1. The zero-order chi connectivity index (χ0) is 12.3. The molecule has 1 aliphatic carbocycles. The Balaban J connectivity index is 2.08. The summed E-state index contributed by atoms with van der Waals surface area (Å²) < 4.78 is 3.90. The molecule has 5 heteroatoms. The molecule has 0 spiro atoms. The Hall–Kier alpha value is -0.970. The maximum Gasteiger partial charge on any atom is 0.267 e. The minimum atomic E-state index is 0.130. The van der Waals surface area contributed by atoms with Crippen LogP contribution in [0.1, 0.15) is 48.5 Å². The molecule has 4 nitrogen and oxygen atoms in total. The summed E-state index contributed by atoms with van der Waals surface area (Å²) in [6, 6.07) is 0. The Labute approximate surface area is 106 Å². The van der Waals surface area contributed by atoms with Crippen LogP contribution in [0.3, 0.4) is 0 Å². The average Bonchev–Trinajstić information content (AvgIpc) is 3.02. The Bertz CT molecular complexity index is 387. The third-order valence-corrected chi connectivity index (χ3v) is 3.80. The van der Waals surface area contributed by atoms with Crippen molar-refractivity contribution < 1.29 is 4.79 Å². The topological polar surface area (TPSA) is 46.1 Å². The Morgan fingerprint density at radius 3 is 2.82 bits per heavy atom. The van der Waals surface area contributed by atoms with Crippen LogP contribution >= 0.6 is 11.5 Å². The molecule has 0 saturated heterocycles. The van der Waals surface area contributed by atoms with E-state index in [1.165, 1.54) is 24.4 Å². The first-order valence-electron chi connectivity index (χ1n) is 6.36. The fourth-order valence-electron chi connectivity index (χ4n) is 1.90. The minimum Gasteiger partial charge on any atom is -0.338 e. The molecule has 17 heavy (non-hydrogen) atoms. The van der Waals surface area contributed by atoms with E-state index in [9.17, 15) is 4.79 Å². The lowest BCUT2D eigenvalue weighted by Crippen LogP contribution is -2.33. The van der Waals surface area contributed by atoms with Crippen molar-refractivity contribution in [2.45, 2.75) is 39.5 Å². The van der Waals surface area contributed by atoms with Gasteiger partial charge in [0.1, 0.15) is 4.88 Å². The van der Waals surface area contributed by atoms with E-state index in [0.717, 1.165) is 42.4 Å². The third kappa shape index (κ3) is 3.03. The van der Waals surface area contributed by atoms with Gasteiger partial charge in [-0.3, -0.25) is 4.79 Å². The van der Waals surface area contributed by atoms with E-state index in [1.54, 1.807) is 0 Å². The fourth-order valence-corrected chi connectivity index (χ4v) is 2.62. The summed E-state index contributed by atoms with van der Waals surface area (Å²) in [6.07, 6.45) is 4.33. The molecule has 1 aromatic heterocycles. The highest BCUT2D eigenvalue weighted by molar-refractivity contribution is 7.07. The van der Waals surface area contributed by atoms with Crippen LogP contribution in [0.2, 0.25) is 0 Å². The van der Waals surface area contributed by atoms with E-state index in [0.29, 0.717) is 0 Å². The van der Waals surface area contributed by atoms with Gasteiger partial charge in [-0.2, -0.15) is 0 Å². The molecule has 1 aliphatic rings. The number of hydrogen-bond donors (Lipinski definition) is 0. The molecule has 0 unspecified atom stereocenters. The van der Waals surface area contributed by atoms with Gasteiger partial charge in [-0.25, -0.2) is 0 Å². The van der Waals surface area contributed by atoms with E-state index < -0.39 is 0 Å². The Morgan fingerprint density at radius 2 is 2.24 bits per heavy atom. The van der Waals surface area contributed by atoms with Crippen molar-refractivity contribution in [3.63, 3.8) is 0 Å². The molecule has 0 N–H and O–H groups in total. The summed E-state index contributed by atoms with van der Waals surface area (Å²) in [5.74, 6) is 0.863. The number of amides is 1. The predicted molar refractivity (Wildman–Crippen MR) is 68.2 cm³/mol. The normalized spacial score (nSPS) is 14.9. The van der Waals surface area contributed by atoms with Gasteiger partial charge in [-0.05, 0) is 43.1 Å². The van der Waals surface area contributed by atoms with Crippen molar-refractivity contribution in [2.75, 3.05) is 13.1 Å². The van der Waals surface area contributed by atoms with Crippen molar-refractivity contribution in [3.8, 4) is 0 Å². The van der Waals surface area contributed by atoms with Crippen LogP contribution < -0.4 is 0 Å². The van der Waals surface area contributed by atoms with Gasteiger partial charge in [-0.1, -0.05) is 18.3 Å². The number of rotatable bonds is 6. The van der Waals surface area contributed by atoms with Crippen LogP contribution in [0, 0.1) is 5.92 Å². The average molecular weight is 253 g/mol. The zero-order valence-electron chi connectivity index (χ0n) is 10.5. The lowest BCUT2D eigenvalue weighted by Gasteiger charge is -2.21. The molecular weight excluding hydrogens is 234 g/mol. The molecule has 0 bridgehead atoms. The summed E-state index contributed by atoms with van der Waals surface area (Å²) in [7, 11) is 0. The van der Waals surface area contributed by atoms with Gasteiger partial charge in [-0.15, -0.1) is 5.10 Å². The van der Waals surface area contributed by atoms with Crippen LogP contribution in [0.5, 0.6) is 0 Å². The second-order valence-corrected chi connectivity index (χ2v) is 5.35. The third-order valence-electron chi connectivity index (χ3n) is 3.04. The quantitative estimate of drug-likeness (QED) is 0.782. The highest BCUT2D eigenvalue weighted by atomic mass is 32.1. The van der Waals surface area contributed by atoms with Crippen LogP contribution in [-0.4, -0.2) is 33.5 Å². The van der Waals surface area contributed by atoms with Crippen LogP contribution in [0.25, 0.3) is 0 Å². The lowest BCUT2D eigenvalue weighted by atomic mass is 10.2. The lowest BCUT2D eigenvalue weighted by molar-refractivity contribution is 0.0751. The summed E-state index contributed by atoms with van der Waals surface area (Å²) in [5.41, 5.74) is 0.844. The molecule has 1 aromatic rings. The molecule has 0 atom stereocenters. The van der Waals surface area contributed by atoms with Gasteiger partial charge in [0.05, 0.1) is 5.69 Å². The van der Waals surface area contributed by atoms with Crippen LogP contribution in [-0.2, 0) is 6.42 Å². The van der Waals surface area contributed by atoms with E-state index in [4.69, 9.17) is 0 Å². The van der Waals surface area contributed by atoms with Crippen molar-refractivity contribution in [1.82, 2.24) is 14.5 Å². The van der Waals surface area contributed by atoms with Crippen molar-refractivity contribution in [1.29, 1.82) is 0 Å². The molecule has 1 heterocycles. The molecule has 1 fully saturated rings. The molecule has 1 saturated carbocycles. The highest BCUT2D eigenvalue weighted by Crippen LogP contribution is 2.30. The standard InChI is InChI=1S/C12H19N3OS/c1-3-7-15(8-9-5-6-9)12(16)11-10(4-2)13-14-17-11/h9H,3-8H2,1-2H3. The predicted octanol–water partition coefficient (Wildman–Crippen LogP) is 2.36. The van der Waals surface area contributed by atoms with Gasteiger partial charge in [0.25, 0.3) is 5.91 Å². The second kappa shape index (κ2) is 5.58. The fraction of sp³-hybridized carbons (Fsp3) is 0.750. The maximum atomic E-state index is 12.4.